The Morgan fingerprint density at radius 3 is 2.92 bits per heavy atom. The summed E-state index contributed by atoms with van der Waals surface area (Å²) in [5.74, 6) is 0. The van der Waals surface area contributed by atoms with Crippen LogP contribution in [0.2, 0.25) is 0 Å². The molecule has 5 nitrogen and oxygen atoms in total. The van der Waals surface area contributed by atoms with Gasteiger partial charge in [0.15, 0.2) is 0 Å². The molecule has 2 rings (SSSR count). The lowest BCUT2D eigenvalue weighted by molar-refractivity contribution is -0.385. The minimum absolute atomic E-state index is 0.0141. The molecular formula is C6H2BrN3O2S. The summed E-state index contributed by atoms with van der Waals surface area (Å²) in [6.45, 7) is 0. The van der Waals surface area contributed by atoms with Crippen LogP contribution in [0.4, 0.5) is 5.69 Å². The van der Waals surface area contributed by atoms with Gasteiger partial charge in [-0.25, -0.2) is 0 Å². The zero-order chi connectivity index (χ0) is 9.42. The summed E-state index contributed by atoms with van der Waals surface area (Å²) in [4.78, 5) is 10.1. The number of rotatable bonds is 1. The van der Waals surface area contributed by atoms with Crippen molar-refractivity contribution in [1.82, 2.24) is 8.75 Å². The van der Waals surface area contributed by atoms with Gasteiger partial charge in [-0.3, -0.25) is 10.1 Å². The Kier molecular flexibility index (Phi) is 1.97. The Morgan fingerprint density at radius 1 is 1.46 bits per heavy atom. The van der Waals surface area contributed by atoms with Gasteiger partial charge in [-0.1, -0.05) is 0 Å². The molecule has 0 aliphatic carbocycles. The van der Waals surface area contributed by atoms with Crippen molar-refractivity contribution in [3.8, 4) is 0 Å². The molecule has 66 valence electrons. The number of nitrogens with zero attached hydrogens (tertiary/aromatic N) is 3. The minimum atomic E-state index is -0.455. The molecule has 1 heterocycles. The predicted octanol–water partition coefficient (Wildman–Crippen LogP) is 2.36. The number of fused-ring (bicyclic) bond motifs is 1. The number of aromatic nitrogens is 2. The summed E-state index contributed by atoms with van der Waals surface area (Å²) in [7, 11) is 0. The highest BCUT2D eigenvalue weighted by molar-refractivity contribution is 9.10. The van der Waals surface area contributed by atoms with E-state index in [0.29, 0.717) is 15.5 Å². The molecule has 0 amide bonds. The summed E-state index contributed by atoms with van der Waals surface area (Å²) in [5.41, 5.74) is 1.22. The molecule has 2 aromatic rings. The highest BCUT2D eigenvalue weighted by Gasteiger charge is 2.16. The summed E-state index contributed by atoms with van der Waals surface area (Å²) >= 11 is 4.16. The number of nitro benzene ring substituents is 1. The largest absolute Gasteiger partial charge is 0.285 e. The third-order valence-electron chi connectivity index (χ3n) is 1.54. The smallest absolute Gasteiger partial charge is 0.258 e. The highest BCUT2D eigenvalue weighted by Crippen LogP contribution is 2.31. The maximum atomic E-state index is 10.5. The van der Waals surface area contributed by atoms with Crippen LogP contribution in [0.1, 0.15) is 0 Å². The van der Waals surface area contributed by atoms with Crippen LogP contribution < -0.4 is 0 Å². The summed E-state index contributed by atoms with van der Waals surface area (Å²) in [6, 6.07) is 3.00. The van der Waals surface area contributed by atoms with Crippen molar-refractivity contribution in [1.29, 1.82) is 0 Å². The van der Waals surface area contributed by atoms with Crippen molar-refractivity contribution in [3.05, 3.63) is 26.7 Å². The minimum Gasteiger partial charge on any atom is -0.258 e. The van der Waals surface area contributed by atoms with Crippen molar-refractivity contribution >= 4 is 44.4 Å². The third kappa shape index (κ3) is 1.29. The second kappa shape index (κ2) is 3.00. The first-order chi connectivity index (χ1) is 6.20. The third-order valence-corrected chi connectivity index (χ3v) is 2.87. The molecule has 1 aromatic carbocycles. The number of hydrogen-bond donors (Lipinski definition) is 0. The van der Waals surface area contributed by atoms with Crippen LogP contribution in [-0.4, -0.2) is 13.7 Å². The first-order valence-corrected chi connectivity index (χ1v) is 4.77. The van der Waals surface area contributed by atoms with Crippen LogP contribution >= 0.6 is 27.7 Å². The molecule has 1 aromatic heterocycles. The average Bonchev–Trinajstić information content (AvgIpc) is 2.52. The Morgan fingerprint density at radius 2 is 2.23 bits per heavy atom. The first kappa shape index (κ1) is 8.52. The lowest BCUT2D eigenvalue weighted by Gasteiger charge is -1.93. The van der Waals surface area contributed by atoms with E-state index in [0.717, 1.165) is 11.7 Å². The molecule has 0 spiro atoms. The number of benzene rings is 1. The highest BCUT2D eigenvalue weighted by atomic mass is 79.9. The quantitative estimate of drug-likeness (QED) is 0.583. The van der Waals surface area contributed by atoms with Crippen molar-refractivity contribution in [2.75, 3.05) is 0 Å². The average molecular weight is 260 g/mol. The Balaban J connectivity index is 2.80. The predicted molar refractivity (Wildman–Crippen MR) is 51.8 cm³/mol. The van der Waals surface area contributed by atoms with Crippen LogP contribution in [0.5, 0.6) is 0 Å². The Bertz CT molecular complexity index is 484. The molecule has 0 unspecified atom stereocenters. The zero-order valence-electron chi connectivity index (χ0n) is 6.10. The van der Waals surface area contributed by atoms with E-state index in [2.05, 4.69) is 24.7 Å². The van der Waals surface area contributed by atoms with Crippen molar-refractivity contribution in [3.63, 3.8) is 0 Å². The lowest BCUT2D eigenvalue weighted by atomic mass is 10.3. The van der Waals surface area contributed by atoms with Gasteiger partial charge in [0.05, 0.1) is 16.7 Å². The summed E-state index contributed by atoms with van der Waals surface area (Å²) in [6.07, 6.45) is 0. The maximum absolute atomic E-state index is 10.5. The summed E-state index contributed by atoms with van der Waals surface area (Å²) in [5, 5.41) is 10.5. The van der Waals surface area contributed by atoms with Gasteiger partial charge in [0.1, 0.15) is 15.5 Å². The van der Waals surface area contributed by atoms with Crippen molar-refractivity contribution in [2.45, 2.75) is 0 Å². The molecule has 0 bridgehead atoms. The molecule has 0 radical (unpaired) electrons. The zero-order valence-corrected chi connectivity index (χ0v) is 8.50. The Hall–Kier alpha value is -1.08. The molecule has 7 heteroatoms. The summed E-state index contributed by atoms with van der Waals surface area (Å²) < 4.78 is 8.29. The van der Waals surface area contributed by atoms with Crippen LogP contribution in [0, 0.1) is 10.1 Å². The number of nitro groups is 1. The standard InChI is InChI=1S/C6H2BrN3O2S/c7-5-4(10(11)12)2-1-3-6(5)9-13-8-3/h1-2H. The fraction of sp³-hybridized carbons (Fsp3) is 0. The van der Waals surface area contributed by atoms with Gasteiger partial charge < -0.3 is 0 Å². The fourth-order valence-electron chi connectivity index (χ4n) is 0.950. The van der Waals surface area contributed by atoms with Crippen LogP contribution in [0.3, 0.4) is 0 Å². The van der Waals surface area contributed by atoms with E-state index in [1.165, 1.54) is 6.07 Å². The van der Waals surface area contributed by atoms with E-state index in [1.807, 2.05) is 0 Å². The number of halogens is 1. The van der Waals surface area contributed by atoms with Gasteiger partial charge in [0, 0.05) is 6.07 Å². The maximum Gasteiger partial charge on any atom is 0.285 e. The molecular weight excluding hydrogens is 258 g/mol. The Labute approximate surface area is 85.0 Å². The second-order valence-corrected chi connectivity index (χ2v) is 3.61. The van der Waals surface area contributed by atoms with Gasteiger partial charge in [0.2, 0.25) is 0 Å². The molecule has 0 N–H and O–H groups in total. The van der Waals surface area contributed by atoms with E-state index in [-0.39, 0.29) is 5.69 Å². The van der Waals surface area contributed by atoms with Gasteiger partial charge in [-0.15, -0.1) is 0 Å². The SMILES string of the molecule is O=[N+]([O-])c1ccc2nsnc2c1Br. The lowest BCUT2D eigenvalue weighted by Crippen LogP contribution is -1.89. The molecule has 0 aliphatic heterocycles. The van der Waals surface area contributed by atoms with E-state index < -0.39 is 4.92 Å². The fourth-order valence-corrected chi connectivity index (χ4v) is 2.18. The van der Waals surface area contributed by atoms with Crippen molar-refractivity contribution in [2.24, 2.45) is 0 Å². The molecule has 0 saturated heterocycles. The van der Waals surface area contributed by atoms with Crippen molar-refractivity contribution < 1.29 is 4.92 Å². The monoisotopic (exact) mass is 259 g/mol. The van der Waals surface area contributed by atoms with Gasteiger partial charge >= 0.3 is 0 Å². The van der Waals surface area contributed by atoms with E-state index in [9.17, 15) is 10.1 Å². The second-order valence-electron chi connectivity index (χ2n) is 2.29. The van der Waals surface area contributed by atoms with E-state index >= 15 is 0 Å². The van der Waals surface area contributed by atoms with Crippen LogP contribution in [-0.2, 0) is 0 Å². The van der Waals surface area contributed by atoms with E-state index in [1.54, 1.807) is 6.07 Å². The number of hydrogen-bond acceptors (Lipinski definition) is 5. The van der Waals surface area contributed by atoms with Crippen LogP contribution in [0.25, 0.3) is 11.0 Å². The molecule has 13 heavy (non-hydrogen) atoms. The van der Waals surface area contributed by atoms with Crippen LogP contribution in [0.15, 0.2) is 16.6 Å². The van der Waals surface area contributed by atoms with Gasteiger partial charge in [-0.2, -0.15) is 8.75 Å². The molecule has 0 fully saturated rings. The first-order valence-electron chi connectivity index (χ1n) is 3.25. The molecule has 0 saturated carbocycles. The van der Waals surface area contributed by atoms with Gasteiger partial charge in [-0.05, 0) is 22.0 Å². The van der Waals surface area contributed by atoms with E-state index in [4.69, 9.17) is 0 Å². The topological polar surface area (TPSA) is 68.9 Å². The normalized spacial score (nSPS) is 10.5. The molecule has 0 atom stereocenters. The van der Waals surface area contributed by atoms with Gasteiger partial charge in [0.25, 0.3) is 5.69 Å². The molecule has 0 aliphatic rings.